The Hall–Kier alpha value is -6.18. The van der Waals surface area contributed by atoms with E-state index in [-0.39, 0.29) is 0 Å². The highest BCUT2D eigenvalue weighted by Crippen LogP contribution is 2.45. The van der Waals surface area contributed by atoms with Crippen LogP contribution in [-0.4, -0.2) is 0 Å². The molecule has 0 aliphatic rings. The molecule has 0 spiro atoms. The molecule has 0 saturated heterocycles. The van der Waals surface area contributed by atoms with Gasteiger partial charge in [0.25, 0.3) is 0 Å². The largest absolute Gasteiger partial charge is 0.309 e. The minimum atomic E-state index is 1.11. The third-order valence-corrected chi connectivity index (χ3v) is 8.87. The van der Waals surface area contributed by atoms with Crippen LogP contribution in [0.15, 0.2) is 200 Å². The minimum absolute atomic E-state index is 1.11. The number of hydrogen-bond donors (Lipinski definition) is 0. The number of rotatable bonds is 7. The van der Waals surface area contributed by atoms with E-state index in [2.05, 4.69) is 205 Å². The summed E-state index contributed by atoms with van der Waals surface area (Å²) in [6.07, 6.45) is 0. The third-order valence-electron chi connectivity index (χ3n) is 8.87. The van der Waals surface area contributed by atoms with Crippen LogP contribution in [0.1, 0.15) is 0 Å². The van der Waals surface area contributed by atoms with Crippen LogP contribution in [0.4, 0.5) is 17.1 Å². The molecule has 8 aromatic rings. The van der Waals surface area contributed by atoms with Gasteiger partial charge >= 0.3 is 0 Å². The molecule has 0 amide bonds. The highest BCUT2D eigenvalue weighted by atomic mass is 15.1. The lowest BCUT2D eigenvalue weighted by molar-refractivity contribution is 1.30. The van der Waals surface area contributed by atoms with Crippen LogP contribution in [0.25, 0.3) is 55.3 Å². The van der Waals surface area contributed by atoms with Crippen molar-refractivity contribution in [2.45, 2.75) is 0 Å². The van der Waals surface area contributed by atoms with E-state index in [4.69, 9.17) is 0 Å². The van der Waals surface area contributed by atoms with Crippen LogP contribution < -0.4 is 4.90 Å². The van der Waals surface area contributed by atoms with Crippen LogP contribution in [0.2, 0.25) is 0 Å². The molecule has 0 unspecified atom stereocenters. The molecule has 0 fully saturated rings. The Labute approximate surface area is 276 Å². The van der Waals surface area contributed by atoms with Crippen molar-refractivity contribution < 1.29 is 0 Å². The van der Waals surface area contributed by atoms with Gasteiger partial charge in [-0.25, -0.2) is 0 Å². The lowest BCUT2D eigenvalue weighted by Crippen LogP contribution is -2.12. The maximum Gasteiger partial charge on any atom is 0.0540 e. The summed E-state index contributed by atoms with van der Waals surface area (Å²) in [5.41, 5.74) is 12.9. The summed E-state index contributed by atoms with van der Waals surface area (Å²) < 4.78 is 0. The Morgan fingerprint density at radius 2 is 0.745 bits per heavy atom. The highest BCUT2D eigenvalue weighted by Gasteiger charge is 2.20. The topological polar surface area (TPSA) is 3.24 Å². The van der Waals surface area contributed by atoms with E-state index in [1.165, 1.54) is 55.3 Å². The normalized spacial score (nSPS) is 11.0. The van der Waals surface area contributed by atoms with E-state index in [1.54, 1.807) is 0 Å². The van der Waals surface area contributed by atoms with Gasteiger partial charge in [0.05, 0.1) is 11.4 Å². The Bertz CT molecular complexity index is 2270. The first-order valence-electron chi connectivity index (χ1n) is 16.1. The Balaban J connectivity index is 1.32. The molecule has 0 atom stereocenters. The molecule has 0 heterocycles. The Morgan fingerprint density at radius 3 is 1.45 bits per heavy atom. The fraction of sp³-hybridized carbons (Fsp3) is 0. The molecule has 8 rings (SSSR count). The molecule has 0 aliphatic carbocycles. The summed E-state index contributed by atoms with van der Waals surface area (Å²) in [6, 6.07) is 71.9. The number of hydrogen-bond acceptors (Lipinski definition) is 1. The van der Waals surface area contributed by atoms with E-state index in [9.17, 15) is 0 Å². The molecular formula is C46H33N. The maximum atomic E-state index is 2.42. The second kappa shape index (κ2) is 12.7. The lowest BCUT2D eigenvalue weighted by Gasteiger charge is -2.29. The van der Waals surface area contributed by atoms with E-state index in [1.807, 2.05) is 0 Å². The molecule has 0 aromatic heterocycles. The fourth-order valence-electron chi connectivity index (χ4n) is 6.51. The monoisotopic (exact) mass is 599 g/mol. The van der Waals surface area contributed by atoms with Gasteiger partial charge in [0.15, 0.2) is 0 Å². The van der Waals surface area contributed by atoms with Crippen LogP contribution in [0.3, 0.4) is 0 Å². The van der Waals surface area contributed by atoms with Crippen LogP contribution >= 0.6 is 0 Å². The second-order valence-electron chi connectivity index (χ2n) is 11.8. The third kappa shape index (κ3) is 5.72. The first-order valence-corrected chi connectivity index (χ1v) is 16.1. The van der Waals surface area contributed by atoms with Crippen molar-refractivity contribution in [3.63, 3.8) is 0 Å². The number of benzene rings is 8. The van der Waals surface area contributed by atoms with Gasteiger partial charge in [0.1, 0.15) is 0 Å². The molecule has 1 heteroatoms. The van der Waals surface area contributed by atoms with Gasteiger partial charge in [-0.2, -0.15) is 0 Å². The minimum Gasteiger partial charge on any atom is -0.309 e. The number of fused-ring (bicyclic) bond motifs is 1. The molecular weight excluding hydrogens is 567 g/mol. The lowest BCUT2D eigenvalue weighted by atomic mass is 9.94. The van der Waals surface area contributed by atoms with Gasteiger partial charge < -0.3 is 4.90 Å². The first-order chi connectivity index (χ1) is 23.3. The van der Waals surface area contributed by atoms with Gasteiger partial charge in [-0.15, -0.1) is 0 Å². The van der Waals surface area contributed by atoms with E-state index < -0.39 is 0 Å². The SMILES string of the molecule is c1ccc(-c2ccc(N(c3ccc(-c4cccc(-c5ccccc5)c4)cc3-c3ccccc3)c3cccc4ccccc34)cc2)cc1. The zero-order chi connectivity index (χ0) is 31.4. The molecule has 0 N–H and O–H groups in total. The molecule has 47 heavy (non-hydrogen) atoms. The summed E-state index contributed by atoms with van der Waals surface area (Å²) in [6.45, 7) is 0. The van der Waals surface area contributed by atoms with E-state index in [0.29, 0.717) is 0 Å². The van der Waals surface area contributed by atoms with E-state index in [0.717, 1.165) is 17.1 Å². The van der Waals surface area contributed by atoms with Gasteiger partial charge in [0, 0.05) is 16.6 Å². The summed E-state index contributed by atoms with van der Waals surface area (Å²) in [5.74, 6) is 0. The van der Waals surface area contributed by atoms with Gasteiger partial charge in [-0.05, 0) is 80.7 Å². The summed E-state index contributed by atoms with van der Waals surface area (Å²) >= 11 is 0. The van der Waals surface area contributed by atoms with Crippen molar-refractivity contribution in [1.82, 2.24) is 0 Å². The molecule has 0 saturated carbocycles. The molecule has 0 bridgehead atoms. The van der Waals surface area contributed by atoms with Crippen molar-refractivity contribution in [3.05, 3.63) is 200 Å². The predicted octanol–water partition coefficient (Wildman–Crippen LogP) is 13.0. The van der Waals surface area contributed by atoms with Crippen molar-refractivity contribution in [2.75, 3.05) is 4.90 Å². The van der Waals surface area contributed by atoms with Gasteiger partial charge in [0.2, 0.25) is 0 Å². The van der Waals surface area contributed by atoms with Crippen molar-refractivity contribution >= 4 is 27.8 Å². The summed E-state index contributed by atoms with van der Waals surface area (Å²) in [7, 11) is 0. The summed E-state index contributed by atoms with van der Waals surface area (Å²) in [4.78, 5) is 2.42. The zero-order valence-electron chi connectivity index (χ0n) is 26.0. The molecule has 0 radical (unpaired) electrons. The first kappa shape index (κ1) is 28.3. The predicted molar refractivity (Wildman–Crippen MR) is 200 cm³/mol. The number of anilines is 3. The van der Waals surface area contributed by atoms with Crippen LogP contribution in [0, 0.1) is 0 Å². The van der Waals surface area contributed by atoms with Crippen LogP contribution in [0.5, 0.6) is 0 Å². The Kier molecular flexibility index (Phi) is 7.63. The zero-order valence-corrected chi connectivity index (χ0v) is 26.0. The Morgan fingerprint density at radius 1 is 0.277 bits per heavy atom. The van der Waals surface area contributed by atoms with Crippen molar-refractivity contribution in [1.29, 1.82) is 0 Å². The standard InChI is InChI=1S/C46H33N/c1-4-14-34(15-5-1)36-26-29-42(30-27-36)47(45-25-13-21-37-20-10-11-24-43(37)45)46-31-28-41(33-44(46)38-18-8-3-9-19-38)40-23-12-22-39(32-40)35-16-6-2-7-17-35/h1-33H. The van der Waals surface area contributed by atoms with Gasteiger partial charge in [-0.1, -0.05) is 164 Å². The van der Waals surface area contributed by atoms with Crippen molar-refractivity contribution in [2.24, 2.45) is 0 Å². The average Bonchev–Trinajstić information content (AvgIpc) is 3.16. The fourth-order valence-corrected chi connectivity index (χ4v) is 6.51. The van der Waals surface area contributed by atoms with Gasteiger partial charge in [-0.3, -0.25) is 0 Å². The number of nitrogens with zero attached hydrogens (tertiary/aromatic N) is 1. The van der Waals surface area contributed by atoms with Crippen molar-refractivity contribution in [3.8, 4) is 44.5 Å². The average molecular weight is 600 g/mol. The molecule has 1 nitrogen and oxygen atoms in total. The maximum absolute atomic E-state index is 2.42. The highest BCUT2D eigenvalue weighted by molar-refractivity contribution is 6.01. The van der Waals surface area contributed by atoms with Crippen LogP contribution in [-0.2, 0) is 0 Å². The molecule has 8 aromatic carbocycles. The quantitative estimate of drug-likeness (QED) is 0.176. The summed E-state index contributed by atoms with van der Waals surface area (Å²) in [5, 5.41) is 2.42. The smallest absolute Gasteiger partial charge is 0.0540 e. The van der Waals surface area contributed by atoms with E-state index >= 15 is 0 Å². The molecule has 222 valence electrons. The molecule has 0 aliphatic heterocycles. The second-order valence-corrected chi connectivity index (χ2v) is 11.8.